The largest absolute Gasteiger partial charge is 0.454 e. The van der Waals surface area contributed by atoms with E-state index in [1.54, 1.807) is 18.2 Å². The number of hydrogen-bond acceptors (Lipinski definition) is 5. The van der Waals surface area contributed by atoms with Gasteiger partial charge in [-0.25, -0.2) is 5.43 Å². The van der Waals surface area contributed by atoms with Crippen LogP contribution in [0, 0.1) is 0 Å². The third-order valence-electron chi connectivity index (χ3n) is 4.27. The fourth-order valence-corrected chi connectivity index (χ4v) is 2.96. The van der Waals surface area contributed by atoms with Gasteiger partial charge in [0, 0.05) is 17.7 Å². The Morgan fingerprint density at radius 2 is 1.96 bits per heavy atom. The fraction of sp³-hybridized carbons (Fsp3) is 0.222. The molecular weight excluding hydrogens is 322 g/mol. The van der Waals surface area contributed by atoms with E-state index in [-0.39, 0.29) is 24.6 Å². The number of fused-ring (bicyclic) bond motifs is 1. The third-order valence-corrected chi connectivity index (χ3v) is 4.27. The molecule has 0 bridgehead atoms. The van der Waals surface area contributed by atoms with Gasteiger partial charge in [-0.05, 0) is 36.2 Å². The molecule has 7 nitrogen and oxygen atoms in total. The number of rotatable bonds is 3. The van der Waals surface area contributed by atoms with Gasteiger partial charge in [0.15, 0.2) is 11.5 Å². The molecule has 1 unspecified atom stereocenters. The summed E-state index contributed by atoms with van der Waals surface area (Å²) in [6, 6.07) is 12.6. The number of hydrogen-bond donors (Lipinski definition) is 3. The van der Waals surface area contributed by atoms with E-state index in [0.717, 1.165) is 5.56 Å². The molecule has 2 heterocycles. The number of para-hydroxylation sites is 1. The monoisotopic (exact) mass is 339 g/mol. The molecule has 0 radical (unpaired) electrons. The summed E-state index contributed by atoms with van der Waals surface area (Å²) in [5.41, 5.74) is 7.75. The summed E-state index contributed by atoms with van der Waals surface area (Å²) >= 11 is 0. The maximum atomic E-state index is 12.6. The van der Waals surface area contributed by atoms with Crippen molar-refractivity contribution in [2.75, 3.05) is 12.1 Å². The molecule has 3 N–H and O–H groups in total. The quantitative estimate of drug-likeness (QED) is 0.797. The minimum absolute atomic E-state index is 0.0295. The van der Waals surface area contributed by atoms with Crippen LogP contribution in [-0.2, 0) is 4.79 Å². The van der Waals surface area contributed by atoms with Gasteiger partial charge in [0.05, 0.1) is 6.04 Å². The van der Waals surface area contributed by atoms with Crippen molar-refractivity contribution in [1.29, 1.82) is 0 Å². The second kappa shape index (κ2) is 6.45. The summed E-state index contributed by atoms with van der Waals surface area (Å²) in [4.78, 5) is 23.9. The number of amides is 2. The van der Waals surface area contributed by atoms with E-state index in [9.17, 15) is 9.59 Å². The van der Waals surface area contributed by atoms with Gasteiger partial charge >= 0.3 is 0 Å². The van der Waals surface area contributed by atoms with Crippen LogP contribution in [0.15, 0.2) is 42.5 Å². The topological polar surface area (TPSA) is 88.7 Å². The Bertz CT molecular complexity index is 827. The van der Waals surface area contributed by atoms with Crippen molar-refractivity contribution >= 4 is 17.5 Å². The molecule has 0 aliphatic carbocycles. The molecule has 25 heavy (non-hydrogen) atoms. The number of nitrogens with one attached hydrogen (secondary N) is 3. The minimum Gasteiger partial charge on any atom is -0.454 e. The lowest BCUT2D eigenvalue weighted by Crippen LogP contribution is -2.44. The molecule has 1 atom stereocenters. The van der Waals surface area contributed by atoms with Gasteiger partial charge in [0.2, 0.25) is 12.7 Å². The molecule has 2 aliphatic heterocycles. The van der Waals surface area contributed by atoms with Crippen molar-refractivity contribution in [3.63, 3.8) is 0 Å². The highest BCUT2D eigenvalue weighted by Gasteiger charge is 2.22. The van der Waals surface area contributed by atoms with Crippen LogP contribution in [0.2, 0.25) is 0 Å². The second-order valence-corrected chi connectivity index (χ2v) is 5.89. The molecule has 1 saturated heterocycles. The molecule has 1 fully saturated rings. The average molecular weight is 339 g/mol. The predicted octanol–water partition coefficient (Wildman–Crippen LogP) is 2.12. The van der Waals surface area contributed by atoms with Crippen molar-refractivity contribution in [2.45, 2.75) is 18.9 Å². The van der Waals surface area contributed by atoms with Crippen LogP contribution in [0.4, 0.5) is 5.69 Å². The number of benzene rings is 2. The molecular formula is C18H17N3O4. The Morgan fingerprint density at radius 1 is 1.12 bits per heavy atom. The second-order valence-electron chi connectivity index (χ2n) is 5.89. The number of anilines is 1. The first-order valence-electron chi connectivity index (χ1n) is 8.05. The van der Waals surface area contributed by atoms with Gasteiger partial charge in [0.25, 0.3) is 5.91 Å². The van der Waals surface area contributed by atoms with Crippen LogP contribution in [-0.4, -0.2) is 18.6 Å². The highest BCUT2D eigenvalue weighted by Crippen LogP contribution is 2.33. The van der Waals surface area contributed by atoms with E-state index < -0.39 is 0 Å². The zero-order chi connectivity index (χ0) is 17.2. The van der Waals surface area contributed by atoms with E-state index in [0.29, 0.717) is 35.6 Å². The minimum atomic E-state index is -0.231. The van der Waals surface area contributed by atoms with E-state index in [2.05, 4.69) is 16.2 Å². The Morgan fingerprint density at radius 3 is 2.80 bits per heavy atom. The summed E-state index contributed by atoms with van der Waals surface area (Å²) in [6.45, 7) is 0.169. The summed E-state index contributed by atoms with van der Waals surface area (Å²) in [5.74, 6) is 0.945. The Labute approximate surface area is 144 Å². The van der Waals surface area contributed by atoms with Crippen molar-refractivity contribution in [1.82, 2.24) is 10.9 Å². The van der Waals surface area contributed by atoms with Crippen LogP contribution in [0.25, 0.3) is 0 Å². The van der Waals surface area contributed by atoms with Crippen LogP contribution in [0.3, 0.4) is 0 Å². The van der Waals surface area contributed by atoms with E-state index >= 15 is 0 Å². The lowest BCUT2D eigenvalue weighted by molar-refractivity contribution is -0.124. The average Bonchev–Trinajstić information content (AvgIpc) is 3.11. The lowest BCUT2D eigenvalue weighted by Gasteiger charge is -2.26. The molecule has 2 amide bonds. The predicted molar refractivity (Wildman–Crippen MR) is 90.2 cm³/mol. The van der Waals surface area contributed by atoms with Gasteiger partial charge in [0.1, 0.15) is 0 Å². The standard InChI is InChI=1S/C18H17N3O4/c22-17-8-6-14(20-21-17)12-3-1-2-4-13(12)19-18(23)11-5-7-15-16(9-11)25-10-24-15/h1-5,7,9,14,20H,6,8,10H2,(H,19,23)(H,21,22). The molecule has 0 saturated carbocycles. The first kappa shape index (κ1) is 15.5. The van der Waals surface area contributed by atoms with Crippen LogP contribution >= 0.6 is 0 Å². The van der Waals surface area contributed by atoms with E-state index in [4.69, 9.17) is 9.47 Å². The molecule has 4 rings (SSSR count). The molecule has 7 heteroatoms. The first-order valence-corrected chi connectivity index (χ1v) is 8.05. The van der Waals surface area contributed by atoms with Crippen LogP contribution in [0.1, 0.15) is 34.8 Å². The van der Waals surface area contributed by atoms with Crippen LogP contribution in [0.5, 0.6) is 11.5 Å². The van der Waals surface area contributed by atoms with Crippen molar-refractivity contribution in [3.05, 3.63) is 53.6 Å². The van der Waals surface area contributed by atoms with Crippen molar-refractivity contribution in [2.24, 2.45) is 0 Å². The number of carbonyl (C=O) groups is 2. The summed E-state index contributed by atoms with van der Waals surface area (Å²) in [5, 5.41) is 2.94. The molecule has 2 aromatic carbocycles. The maximum absolute atomic E-state index is 12.6. The summed E-state index contributed by atoms with van der Waals surface area (Å²) in [6.07, 6.45) is 1.12. The van der Waals surface area contributed by atoms with Crippen molar-refractivity contribution in [3.8, 4) is 11.5 Å². The highest BCUT2D eigenvalue weighted by molar-refractivity contribution is 6.05. The molecule has 0 spiro atoms. The Hall–Kier alpha value is -3.06. The van der Waals surface area contributed by atoms with E-state index in [1.807, 2.05) is 24.3 Å². The SMILES string of the molecule is O=C1CCC(c2ccccc2NC(=O)c2ccc3c(c2)OCO3)NN1. The zero-order valence-electron chi connectivity index (χ0n) is 13.4. The molecule has 2 aromatic rings. The highest BCUT2D eigenvalue weighted by atomic mass is 16.7. The lowest BCUT2D eigenvalue weighted by atomic mass is 9.99. The fourth-order valence-electron chi connectivity index (χ4n) is 2.96. The van der Waals surface area contributed by atoms with Crippen LogP contribution < -0.4 is 25.6 Å². The first-order chi connectivity index (χ1) is 12.2. The number of ether oxygens (including phenoxy) is 2. The molecule has 128 valence electrons. The van der Waals surface area contributed by atoms with Gasteiger partial charge < -0.3 is 14.8 Å². The molecule has 0 aromatic heterocycles. The summed E-state index contributed by atoms with van der Waals surface area (Å²) in [7, 11) is 0. The van der Waals surface area contributed by atoms with Gasteiger partial charge in [-0.1, -0.05) is 18.2 Å². The smallest absolute Gasteiger partial charge is 0.255 e. The van der Waals surface area contributed by atoms with Gasteiger partial charge in [-0.15, -0.1) is 0 Å². The zero-order valence-corrected chi connectivity index (χ0v) is 13.4. The normalized spacial score (nSPS) is 18.6. The Balaban J connectivity index is 1.54. The van der Waals surface area contributed by atoms with Gasteiger partial charge in [-0.3, -0.25) is 15.0 Å². The molecule has 2 aliphatic rings. The number of carbonyl (C=O) groups excluding carboxylic acids is 2. The maximum Gasteiger partial charge on any atom is 0.255 e. The summed E-state index contributed by atoms with van der Waals surface area (Å²) < 4.78 is 10.6. The number of hydrazine groups is 1. The third kappa shape index (κ3) is 3.14. The van der Waals surface area contributed by atoms with E-state index in [1.165, 1.54) is 0 Å². The van der Waals surface area contributed by atoms with Crippen molar-refractivity contribution < 1.29 is 19.1 Å². The van der Waals surface area contributed by atoms with Gasteiger partial charge in [-0.2, -0.15) is 0 Å². The Kier molecular flexibility index (Phi) is 3.99.